The van der Waals surface area contributed by atoms with E-state index in [1.54, 1.807) is 0 Å². The molecule has 0 radical (unpaired) electrons. The number of hydrogen-bond donors (Lipinski definition) is 6. The molecule has 1 aliphatic heterocycles. The van der Waals surface area contributed by atoms with E-state index in [0.29, 0.717) is 12.8 Å². The molecule has 7 unspecified atom stereocenters. The zero-order valence-electron chi connectivity index (χ0n) is 35.6. The van der Waals surface area contributed by atoms with Gasteiger partial charge in [-0.05, 0) is 51.4 Å². The van der Waals surface area contributed by atoms with E-state index in [2.05, 4.69) is 67.8 Å². The molecule has 7 atom stereocenters. The number of ether oxygens (including phenoxy) is 2. The Morgan fingerprint density at radius 1 is 0.625 bits per heavy atom. The van der Waals surface area contributed by atoms with Crippen LogP contribution in [0.2, 0.25) is 0 Å². The lowest BCUT2D eigenvalue weighted by Gasteiger charge is -2.40. The second kappa shape index (κ2) is 37.4. The first-order chi connectivity index (χ1) is 27.3. The molecule has 56 heavy (non-hydrogen) atoms. The monoisotopic (exact) mass is 792 g/mol. The minimum atomic E-state index is -1.55. The van der Waals surface area contributed by atoms with Gasteiger partial charge in [0.2, 0.25) is 5.91 Å². The number of rotatable bonds is 37. The molecule has 326 valence electrons. The molecule has 1 aliphatic rings. The van der Waals surface area contributed by atoms with Crippen molar-refractivity contribution in [3.8, 4) is 0 Å². The van der Waals surface area contributed by atoms with Crippen molar-refractivity contribution in [1.29, 1.82) is 0 Å². The number of nitrogens with one attached hydrogen (secondary N) is 1. The van der Waals surface area contributed by atoms with Gasteiger partial charge in [-0.15, -0.1) is 0 Å². The van der Waals surface area contributed by atoms with E-state index in [1.165, 1.54) is 89.9 Å². The van der Waals surface area contributed by atoms with Gasteiger partial charge in [-0.3, -0.25) is 4.79 Å². The van der Waals surface area contributed by atoms with Crippen LogP contribution in [0.3, 0.4) is 0 Å². The fourth-order valence-electron chi connectivity index (χ4n) is 7.03. The summed E-state index contributed by atoms with van der Waals surface area (Å²) in [6, 6.07) is -0.723. The molecule has 9 nitrogen and oxygen atoms in total. The quantitative estimate of drug-likeness (QED) is 0.0269. The molecule has 9 heteroatoms. The molecular weight excluding hydrogens is 707 g/mol. The van der Waals surface area contributed by atoms with Gasteiger partial charge in [-0.25, -0.2) is 0 Å². The largest absolute Gasteiger partial charge is 0.394 e. The molecule has 1 amide bonds. The Morgan fingerprint density at radius 2 is 1.11 bits per heavy atom. The third-order valence-corrected chi connectivity index (χ3v) is 10.7. The summed E-state index contributed by atoms with van der Waals surface area (Å²) < 4.78 is 11.2. The number of carbonyl (C=O) groups excluding carboxylic acids is 1. The highest BCUT2D eigenvalue weighted by Gasteiger charge is 2.44. The number of amides is 1. The summed E-state index contributed by atoms with van der Waals surface area (Å²) in [5.74, 6) is -0.156. The SMILES string of the molecule is CC/C=C\C/C=C\C/C=C\C/C=C\CCCCCCCCCCC(=O)NC(COC1OC(CO)C(O)C(O)C1O)C(O)CCCCCCCCCCCCCC. The molecule has 0 aromatic rings. The Kier molecular flexibility index (Phi) is 34.9. The first-order valence-electron chi connectivity index (χ1n) is 22.8. The van der Waals surface area contributed by atoms with Gasteiger partial charge in [0, 0.05) is 6.42 Å². The van der Waals surface area contributed by atoms with Gasteiger partial charge in [-0.1, -0.05) is 178 Å². The Morgan fingerprint density at radius 3 is 1.64 bits per heavy atom. The second-order valence-electron chi connectivity index (χ2n) is 15.8. The maximum Gasteiger partial charge on any atom is 0.220 e. The van der Waals surface area contributed by atoms with Crippen molar-refractivity contribution in [3.63, 3.8) is 0 Å². The molecule has 1 rings (SSSR count). The van der Waals surface area contributed by atoms with Crippen LogP contribution >= 0.6 is 0 Å². The number of unbranched alkanes of at least 4 members (excludes halogenated alkanes) is 19. The van der Waals surface area contributed by atoms with Crippen LogP contribution in [0, 0.1) is 0 Å². The smallest absolute Gasteiger partial charge is 0.220 e. The standard InChI is InChI=1S/C47H85NO8/c1-3-5-7-9-11-13-15-17-18-19-20-21-22-23-24-25-27-29-31-33-35-37-43(51)48-40(39-55-47-46(54)45(53)44(52)42(38-49)56-47)41(50)36-34-32-30-28-26-16-14-12-10-8-6-4-2/h5,7,11,13,17-18,20-21,40-42,44-47,49-50,52-54H,3-4,6,8-10,12,14-16,19,22-39H2,1-2H3,(H,48,51)/b7-5-,13-11-,18-17-,21-20-. The van der Waals surface area contributed by atoms with E-state index in [4.69, 9.17) is 9.47 Å². The van der Waals surface area contributed by atoms with Crippen molar-refractivity contribution < 1.29 is 39.8 Å². The first-order valence-corrected chi connectivity index (χ1v) is 22.8. The number of hydrogen-bond acceptors (Lipinski definition) is 8. The molecule has 1 fully saturated rings. The molecule has 1 heterocycles. The van der Waals surface area contributed by atoms with Crippen molar-refractivity contribution >= 4 is 5.91 Å². The Hall–Kier alpha value is -1.85. The van der Waals surface area contributed by atoms with Gasteiger partial charge in [0.15, 0.2) is 6.29 Å². The van der Waals surface area contributed by atoms with E-state index in [-0.39, 0.29) is 12.5 Å². The van der Waals surface area contributed by atoms with Crippen LogP contribution in [0.15, 0.2) is 48.6 Å². The highest BCUT2D eigenvalue weighted by molar-refractivity contribution is 5.76. The van der Waals surface area contributed by atoms with Gasteiger partial charge in [-0.2, -0.15) is 0 Å². The number of aliphatic hydroxyl groups excluding tert-OH is 5. The highest BCUT2D eigenvalue weighted by atomic mass is 16.7. The van der Waals surface area contributed by atoms with E-state index in [9.17, 15) is 30.3 Å². The Labute approximate surface area is 342 Å². The lowest BCUT2D eigenvalue weighted by atomic mass is 9.99. The zero-order valence-corrected chi connectivity index (χ0v) is 35.6. The van der Waals surface area contributed by atoms with Crippen molar-refractivity contribution in [2.75, 3.05) is 13.2 Å². The average Bonchev–Trinajstić information content (AvgIpc) is 3.20. The van der Waals surface area contributed by atoms with Gasteiger partial charge < -0.3 is 40.3 Å². The predicted molar refractivity (Wildman–Crippen MR) is 230 cm³/mol. The lowest BCUT2D eigenvalue weighted by Crippen LogP contribution is -2.60. The van der Waals surface area contributed by atoms with E-state index < -0.39 is 49.5 Å². The third-order valence-electron chi connectivity index (χ3n) is 10.7. The Balaban J connectivity index is 2.31. The molecule has 0 bridgehead atoms. The molecule has 0 spiro atoms. The predicted octanol–water partition coefficient (Wildman–Crippen LogP) is 9.45. The van der Waals surface area contributed by atoms with E-state index in [0.717, 1.165) is 70.6 Å². The summed E-state index contributed by atoms with van der Waals surface area (Å²) in [4.78, 5) is 13.0. The maximum absolute atomic E-state index is 13.0. The number of aliphatic hydroxyl groups is 5. The van der Waals surface area contributed by atoms with E-state index >= 15 is 0 Å². The molecule has 6 N–H and O–H groups in total. The topological polar surface area (TPSA) is 149 Å². The summed E-state index contributed by atoms with van der Waals surface area (Å²) >= 11 is 0. The van der Waals surface area contributed by atoms with Crippen molar-refractivity contribution in [2.24, 2.45) is 0 Å². The van der Waals surface area contributed by atoms with Crippen LogP contribution in [0.25, 0.3) is 0 Å². The van der Waals surface area contributed by atoms with Gasteiger partial charge in [0.05, 0.1) is 25.4 Å². The van der Waals surface area contributed by atoms with E-state index in [1.807, 2.05) is 0 Å². The summed E-state index contributed by atoms with van der Waals surface area (Å²) in [7, 11) is 0. The first kappa shape index (κ1) is 52.2. The molecule has 1 saturated heterocycles. The normalized spacial score (nSPS) is 21.6. The minimum absolute atomic E-state index is 0.143. The van der Waals surface area contributed by atoms with Crippen LogP contribution in [0.4, 0.5) is 0 Å². The summed E-state index contributed by atoms with van der Waals surface area (Å²) in [6.07, 6.45) is 39.7. The number of carbonyl (C=O) groups is 1. The maximum atomic E-state index is 13.0. The van der Waals surface area contributed by atoms with Gasteiger partial charge >= 0.3 is 0 Å². The molecule has 0 saturated carbocycles. The van der Waals surface area contributed by atoms with Crippen molar-refractivity contribution in [1.82, 2.24) is 5.32 Å². The van der Waals surface area contributed by atoms with Crippen LogP contribution in [-0.4, -0.2) is 87.5 Å². The molecule has 0 aliphatic carbocycles. The fourth-order valence-corrected chi connectivity index (χ4v) is 7.03. The van der Waals surface area contributed by atoms with Gasteiger partial charge in [0.25, 0.3) is 0 Å². The third kappa shape index (κ3) is 27.7. The lowest BCUT2D eigenvalue weighted by molar-refractivity contribution is -0.302. The van der Waals surface area contributed by atoms with Crippen LogP contribution in [0.1, 0.15) is 187 Å². The zero-order chi connectivity index (χ0) is 40.9. The van der Waals surface area contributed by atoms with Crippen molar-refractivity contribution in [2.45, 2.75) is 230 Å². The van der Waals surface area contributed by atoms with Crippen LogP contribution in [-0.2, 0) is 14.3 Å². The molecular formula is C47H85NO8. The minimum Gasteiger partial charge on any atom is -0.394 e. The van der Waals surface area contributed by atoms with Gasteiger partial charge in [0.1, 0.15) is 24.4 Å². The molecule has 0 aromatic carbocycles. The summed E-state index contributed by atoms with van der Waals surface area (Å²) in [5, 5.41) is 54.3. The second-order valence-corrected chi connectivity index (χ2v) is 15.8. The van der Waals surface area contributed by atoms with Crippen molar-refractivity contribution in [3.05, 3.63) is 48.6 Å². The summed E-state index contributed by atoms with van der Waals surface area (Å²) in [6.45, 7) is 3.70. The highest BCUT2D eigenvalue weighted by Crippen LogP contribution is 2.23. The Bertz CT molecular complexity index is 1010. The molecule has 0 aromatic heterocycles. The number of allylic oxidation sites excluding steroid dienone is 8. The van der Waals surface area contributed by atoms with Crippen LogP contribution in [0.5, 0.6) is 0 Å². The average molecular weight is 792 g/mol. The summed E-state index contributed by atoms with van der Waals surface area (Å²) in [5.41, 5.74) is 0. The van der Waals surface area contributed by atoms with Crippen LogP contribution < -0.4 is 5.32 Å². The fraction of sp³-hybridized carbons (Fsp3) is 0.809.